The SMILES string of the molecule is C[C@H](CNC(=O)c1cccc(F)c1)N1CCc2ccccc2C1. The highest BCUT2D eigenvalue weighted by Crippen LogP contribution is 2.20. The molecule has 120 valence electrons. The van der Waals surface area contributed by atoms with E-state index in [4.69, 9.17) is 0 Å². The second-order valence-corrected chi connectivity index (χ2v) is 6.06. The summed E-state index contributed by atoms with van der Waals surface area (Å²) in [7, 11) is 0. The molecule has 1 N–H and O–H groups in total. The fourth-order valence-corrected chi connectivity index (χ4v) is 3.00. The van der Waals surface area contributed by atoms with E-state index in [0.29, 0.717) is 12.1 Å². The van der Waals surface area contributed by atoms with Gasteiger partial charge in [0.05, 0.1) is 0 Å². The summed E-state index contributed by atoms with van der Waals surface area (Å²) in [5.41, 5.74) is 3.14. The van der Waals surface area contributed by atoms with E-state index < -0.39 is 5.82 Å². The molecule has 3 nitrogen and oxygen atoms in total. The van der Waals surface area contributed by atoms with Crippen LogP contribution in [0.25, 0.3) is 0 Å². The Morgan fingerprint density at radius 3 is 2.78 bits per heavy atom. The molecule has 1 aliphatic heterocycles. The molecule has 0 saturated heterocycles. The van der Waals surface area contributed by atoms with E-state index in [9.17, 15) is 9.18 Å². The molecule has 2 aromatic carbocycles. The molecular formula is C19H21FN2O. The average molecular weight is 312 g/mol. The summed E-state index contributed by atoms with van der Waals surface area (Å²) in [6, 6.07) is 14.5. The van der Waals surface area contributed by atoms with Crippen LogP contribution in [-0.2, 0) is 13.0 Å². The largest absolute Gasteiger partial charge is 0.350 e. The van der Waals surface area contributed by atoms with E-state index in [2.05, 4.69) is 41.4 Å². The minimum Gasteiger partial charge on any atom is -0.350 e. The third-order valence-corrected chi connectivity index (χ3v) is 4.43. The number of hydrogen-bond acceptors (Lipinski definition) is 2. The Morgan fingerprint density at radius 2 is 2.00 bits per heavy atom. The normalized spacial score (nSPS) is 15.7. The molecule has 1 atom stereocenters. The predicted octanol–water partition coefficient (Wildman–Crippen LogP) is 3.00. The van der Waals surface area contributed by atoms with Crippen molar-refractivity contribution in [2.45, 2.75) is 25.9 Å². The van der Waals surface area contributed by atoms with E-state index in [1.54, 1.807) is 12.1 Å². The molecule has 4 heteroatoms. The first kappa shape index (κ1) is 15.7. The van der Waals surface area contributed by atoms with Crippen LogP contribution in [0.3, 0.4) is 0 Å². The molecule has 0 radical (unpaired) electrons. The van der Waals surface area contributed by atoms with Gasteiger partial charge < -0.3 is 5.32 Å². The highest BCUT2D eigenvalue weighted by atomic mass is 19.1. The van der Waals surface area contributed by atoms with E-state index in [1.165, 1.54) is 23.3 Å². The predicted molar refractivity (Wildman–Crippen MR) is 88.8 cm³/mol. The number of benzene rings is 2. The van der Waals surface area contributed by atoms with Crippen molar-refractivity contribution in [1.29, 1.82) is 0 Å². The number of amides is 1. The van der Waals surface area contributed by atoms with Gasteiger partial charge in [0.2, 0.25) is 0 Å². The summed E-state index contributed by atoms with van der Waals surface area (Å²) >= 11 is 0. The Kier molecular flexibility index (Phi) is 4.72. The lowest BCUT2D eigenvalue weighted by atomic mass is 9.99. The van der Waals surface area contributed by atoms with Gasteiger partial charge in [0.25, 0.3) is 5.91 Å². The Morgan fingerprint density at radius 1 is 1.22 bits per heavy atom. The number of halogens is 1. The molecule has 1 aliphatic rings. The molecule has 23 heavy (non-hydrogen) atoms. The van der Waals surface area contributed by atoms with Crippen molar-refractivity contribution in [2.24, 2.45) is 0 Å². The molecule has 0 aromatic heterocycles. The topological polar surface area (TPSA) is 32.3 Å². The van der Waals surface area contributed by atoms with Gasteiger partial charge in [-0.1, -0.05) is 30.3 Å². The van der Waals surface area contributed by atoms with Crippen molar-refractivity contribution in [3.63, 3.8) is 0 Å². The zero-order valence-electron chi connectivity index (χ0n) is 13.3. The van der Waals surface area contributed by atoms with Crippen LogP contribution in [0.15, 0.2) is 48.5 Å². The number of carbonyl (C=O) groups is 1. The summed E-state index contributed by atoms with van der Waals surface area (Å²) in [6.07, 6.45) is 1.04. The Labute approximate surface area is 136 Å². The van der Waals surface area contributed by atoms with Crippen LogP contribution >= 0.6 is 0 Å². The maximum Gasteiger partial charge on any atom is 0.251 e. The standard InChI is InChI=1S/C19H21FN2O/c1-14(12-21-19(23)16-7-4-8-18(20)11-16)22-10-9-15-5-2-3-6-17(15)13-22/h2-8,11,14H,9-10,12-13H2,1H3,(H,21,23)/t14-/m1/s1. The number of carbonyl (C=O) groups excluding carboxylic acids is 1. The third kappa shape index (κ3) is 3.77. The summed E-state index contributed by atoms with van der Waals surface area (Å²) < 4.78 is 13.2. The second kappa shape index (κ2) is 6.92. The van der Waals surface area contributed by atoms with Crippen molar-refractivity contribution < 1.29 is 9.18 Å². The first-order valence-electron chi connectivity index (χ1n) is 7.98. The number of nitrogens with one attached hydrogen (secondary N) is 1. The highest BCUT2D eigenvalue weighted by molar-refractivity contribution is 5.94. The van der Waals surface area contributed by atoms with Crippen molar-refractivity contribution >= 4 is 5.91 Å². The number of nitrogens with zero attached hydrogens (tertiary/aromatic N) is 1. The van der Waals surface area contributed by atoms with Gasteiger partial charge >= 0.3 is 0 Å². The lowest BCUT2D eigenvalue weighted by Crippen LogP contribution is -2.44. The van der Waals surface area contributed by atoms with E-state index in [0.717, 1.165) is 19.5 Å². The van der Waals surface area contributed by atoms with E-state index in [1.807, 2.05) is 0 Å². The molecule has 1 heterocycles. The van der Waals surface area contributed by atoms with Crippen LogP contribution in [0, 0.1) is 5.82 Å². The van der Waals surface area contributed by atoms with E-state index >= 15 is 0 Å². The molecule has 0 aliphatic carbocycles. The van der Waals surface area contributed by atoms with Gasteiger partial charge in [0.1, 0.15) is 5.82 Å². The monoisotopic (exact) mass is 312 g/mol. The van der Waals surface area contributed by atoms with Gasteiger partial charge in [-0.3, -0.25) is 9.69 Å². The van der Waals surface area contributed by atoms with Gasteiger partial charge in [-0.05, 0) is 42.7 Å². The van der Waals surface area contributed by atoms with Crippen LogP contribution < -0.4 is 5.32 Å². The summed E-state index contributed by atoms with van der Waals surface area (Å²) in [5.74, 6) is -0.618. The number of fused-ring (bicyclic) bond motifs is 1. The van der Waals surface area contributed by atoms with Gasteiger partial charge in [0.15, 0.2) is 0 Å². The molecule has 0 bridgehead atoms. The lowest BCUT2D eigenvalue weighted by molar-refractivity contribution is 0.0932. The zero-order valence-corrected chi connectivity index (χ0v) is 13.3. The Bertz CT molecular complexity index is 701. The highest BCUT2D eigenvalue weighted by Gasteiger charge is 2.20. The van der Waals surface area contributed by atoms with Crippen molar-refractivity contribution in [3.05, 3.63) is 71.0 Å². The van der Waals surface area contributed by atoms with Crippen LogP contribution in [0.4, 0.5) is 4.39 Å². The Balaban J connectivity index is 1.56. The van der Waals surface area contributed by atoms with Gasteiger partial charge in [-0.15, -0.1) is 0 Å². The molecule has 0 unspecified atom stereocenters. The van der Waals surface area contributed by atoms with Gasteiger partial charge in [-0.25, -0.2) is 4.39 Å². The fraction of sp³-hybridized carbons (Fsp3) is 0.316. The zero-order chi connectivity index (χ0) is 16.2. The van der Waals surface area contributed by atoms with Crippen LogP contribution in [0.2, 0.25) is 0 Å². The van der Waals surface area contributed by atoms with Crippen LogP contribution in [0.1, 0.15) is 28.4 Å². The number of rotatable bonds is 4. The van der Waals surface area contributed by atoms with Crippen molar-refractivity contribution in [3.8, 4) is 0 Å². The molecule has 3 rings (SSSR count). The van der Waals surface area contributed by atoms with E-state index in [-0.39, 0.29) is 11.9 Å². The number of hydrogen-bond donors (Lipinski definition) is 1. The minimum atomic E-state index is -0.390. The quantitative estimate of drug-likeness (QED) is 0.941. The second-order valence-electron chi connectivity index (χ2n) is 6.06. The lowest BCUT2D eigenvalue weighted by Gasteiger charge is -2.33. The summed E-state index contributed by atoms with van der Waals surface area (Å²) in [6.45, 7) is 4.57. The molecule has 0 fully saturated rings. The smallest absolute Gasteiger partial charge is 0.251 e. The van der Waals surface area contributed by atoms with Gasteiger partial charge in [0, 0.05) is 31.2 Å². The summed E-state index contributed by atoms with van der Waals surface area (Å²) in [4.78, 5) is 14.5. The fourth-order valence-electron chi connectivity index (χ4n) is 3.00. The molecule has 2 aromatic rings. The van der Waals surface area contributed by atoms with Crippen molar-refractivity contribution in [1.82, 2.24) is 10.2 Å². The third-order valence-electron chi connectivity index (χ3n) is 4.43. The Hall–Kier alpha value is -2.20. The molecule has 0 saturated carbocycles. The first-order valence-corrected chi connectivity index (χ1v) is 7.98. The van der Waals surface area contributed by atoms with Crippen molar-refractivity contribution in [2.75, 3.05) is 13.1 Å². The average Bonchev–Trinajstić information content (AvgIpc) is 2.59. The van der Waals surface area contributed by atoms with Gasteiger partial charge in [-0.2, -0.15) is 0 Å². The maximum atomic E-state index is 13.2. The minimum absolute atomic E-state index is 0.228. The van der Waals surface area contributed by atoms with Crippen LogP contribution in [-0.4, -0.2) is 29.9 Å². The van der Waals surface area contributed by atoms with Crippen LogP contribution in [0.5, 0.6) is 0 Å². The summed E-state index contributed by atoms with van der Waals surface area (Å²) in [5, 5.41) is 2.90. The molecular weight excluding hydrogens is 291 g/mol. The first-order chi connectivity index (χ1) is 11.1. The molecule has 0 spiro atoms. The molecule has 1 amide bonds. The maximum absolute atomic E-state index is 13.2.